The quantitative estimate of drug-likeness (QED) is 0.884. The molecule has 100 valence electrons. The molecule has 1 fully saturated rings. The molecule has 0 radical (unpaired) electrons. The maximum Gasteiger partial charge on any atom is 0.418 e. The zero-order valence-corrected chi connectivity index (χ0v) is 10.4. The average Bonchev–Trinajstić information content (AvgIpc) is 2.79. The minimum absolute atomic E-state index is 0.0839. The first-order chi connectivity index (χ1) is 8.47. The van der Waals surface area contributed by atoms with Gasteiger partial charge in [0.2, 0.25) is 0 Å². The van der Waals surface area contributed by atoms with E-state index in [2.05, 4.69) is 10.6 Å². The van der Waals surface area contributed by atoms with Crippen LogP contribution in [0.25, 0.3) is 0 Å². The molecule has 0 aliphatic carbocycles. The number of halogens is 4. The monoisotopic (exact) mass is 278 g/mol. The van der Waals surface area contributed by atoms with Crippen LogP contribution < -0.4 is 10.6 Å². The Kier molecular flexibility index (Phi) is 4.02. The van der Waals surface area contributed by atoms with Gasteiger partial charge in [-0.25, -0.2) is 0 Å². The highest BCUT2D eigenvalue weighted by molar-refractivity contribution is 6.30. The topological polar surface area (TPSA) is 24.1 Å². The Labute approximate surface area is 109 Å². The van der Waals surface area contributed by atoms with Gasteiger partial charge in [-0.2, -0.15) is 13.2 Å². The van der Waals surface area contributed by atoms with Crippen molar-refractivity contribution < 1.29 is 13.2 Å². The van der Waals surface area contributed by atoms with Gasteiger partial charge < -0.3 is 10.6 Å². The molecular weight excluding hydrogens is 265 g/mol. The molecule has 18 heavy (non-hydrogen) atoms. The van der Waals surface area contributed by atoms with Crippen LogP contribution >= 0.6 is 11.6 Å². The van der Waals surface area contributed by atoms with E-state index in [9.17, 15) is 13.2 Å². The highest BCUT2D eigenvalue weighted by Gasteiger charge is 2.33. The van der Waals surface area contributed by atoms with Gasteiger partial charge in [-0.05, 0) is 37.6 Å². The zero-order chi connectivity index (χ0) is 13.2. The van der Waals surface area contributed by atoms with Gasteiger partial charge >= 0.3 is 6.18 Å². The summed E-state index contributed by atoms with van der Waals surface area (Å²) in [6.07, 6.45) is -2.34. The van der Waals surface area contributed by atoms with Crippen LogP contribution in [-0.2, 0) is 6.18 Å². The summed E-state index contributed by atoms with van der Waals surface area (Å²) in [4.78, 5) is 0. The predicted molar refractivity (Wildman–Crippen MR) is 66.0 cm³/mol. The number of alkyl halides is 3. The summed E-state index contributed by atoms with van der Waals surface area (Å²) in [7, 11) is 0. The van der Waals surface area contributed by atoms with Crippen molar-refractivity contribution in [1.82, 2.24) is 5.32 Å². The molecular formula is C12H14ClF3N2. The van der Waals surface area contributed by atoms with Gasteiger partial charge in [0, 0.05) is 23.3 Å². The van der Waals surface area contributed by atoms with Crippen LogP contribution in [0.4, 0.5) is 18.9 Å². The van der Waals surface area contributed by atoms with Gasteiger partial charge in [-0.3, -0.25) is 0 Å². The van der Waals surface area contributed by atoms with Crippen LogP contribution in [0.1, 0.15) is 18.4 Å². The van der Waals surface area contributed by atoms with Gasteiger partial charge in [0.25, 0.3) is 0 Å². The molecule has 1 heterocycles. The lowest BCUT2D eigenvalue weighted by atomic mass is 10.1. The first-order valence-electron chi connectivity index (χ1n) is 5.81. The SMILES string of the molecule is FC(F)(F)c1cc(Cl)ccc1NCC1CCCN1. The number of hydrogen-bond donors (Lipinski definition) is 2. The van der Waals surface area contributed by atoms with Gasteiger partial charge in [0.15, 0.2) is 0 Å². The molecule has 2 rings (SSSR count). The minimum Gasteiger partial charge on any atom is -0.383 e. The van der Waals surface area contributed by atoms with Crippen molar-refractivity contribution >= 4 is 17.3 Å². The van der Waals surface area contributed by atoms with E-state index >= 15 is 0 Å². The second-order valence-electron chi connectivity index (χ2n) is 4.36. The molecule has 2 nitrogen and oxygen atoms in total. The largest absolute Gasteiger partial charge is 0.418 e. The normalized spacial score (nSPS) is 20.1. The molecule has 2 N–H and O–H groups in total. The molecule has 1 saturated heterocycles. The second-order valence-corrected chi connectivity index (χ2v) is 4.80. The van der Waals surface area contributed by atoms with Crippen molar-refractivity contribution in [2.75, 3.05) is 18.4 Å². The van der Waals surface area contributed by atoms with E-state index in [1.54, 1.807) is 0 Å². The maximum atomic E-state index is 12.8. The van der Waals surface area contributed by atoms with Gasteiger partial charge in [-0.15, -0.1) is 0 Å². The van der Waals surface area contributed by atoms with Crippen LogP contribution in [0.3, 0.4) is 0 Å². The highest BCUT2D eigenvalue weighted by Crippen LogP contribution is 2.36. The number of nitrogens with one attached hydrogen (secondary N) is 2. The van der Waals surface area contributed by atoms with Crippen molar-refractivity contribution in [1.29, 1.82) is 0 Å². The van der Waals surface area contributed by atoms with Crippen LogP contribution in [0, 0.1) is 0 Å². The third kappa shape index (κ3) is 3.29. The third-order valence-corrected chi connectivity index (χ3v) is 3.22. The maximum absolute atomic E-state index is 12.8. The molecule has 1 aromatic carbocycles. The molecule has 6 heteroatoms. The Hall–Kier alpha value is -0.940. The van der Waals surface area contributed by atoms with Gasteiger partial charge in [0.05, 0.1) is 5.56 Å². The lowest BCUT2D eigenvalue weighted by molar-refractivity contribution is -0.136. The molecule has 1 aliphatic rings. The summed E-state index contributed by atoms with van der Waals surface area (Å²) in [6.45, 7) is 1.42. The number of rotatable bonds is 3. The molecule has 0 amide bonds. The fourth-order valence-electron chi connectivity index (χ4n) is 2.07. The molecule has 1 aromatic rings. The third-order valence-electron chi connectivity index (χ3n) is 2.99. The van der Waals surface area contributed by atoms with E-state index in [1.165, 1.54) is 12.1 Å². The fourth-order valence-corrected chi connectivity index (χ4v) is 2.24. The van der Waals surface area contributed by atoms with Crippen LogP contribution in [0.2, 0.25) is 5.02 Å². The standard InChI is InChI=1S/C12H14ClF3N2/c13-8-3-4-11(10(6-8)12(14,15)16)18-7-9-2-1-5-17-9/h3-4,6,9,17-18H,1-2,5,7H2. The Bertz CT molecular complexity index is 414. The van der Waals surface area contributed by atoms with Crippen molar-refractivity contribution in [3.05, 3.63) is 28.8 Å². The first kappa shape index (κ1) is 13.5. The molecule has 0 aromatic heterocycles. The Morgan fingerprint density at radius 1 is 1.39 bits per heavy atom. The molecule has 1 atom stereocenters. The van der Waals surface area contributed by atoms with Crippen molar-refractivity contribution in [2.45, 2.75) is 25.1 Å². The van der Waals surface area contributed by atoms with Crippen molar-refractivity contribution in [3.8, 4) is 0 Å². The average molecular weight is 279 g/mol. The fraction of sp³-hybridized carbons (Fsp3) is 0.500. The van der Waals surface area contributed by atoms with E-state index in [0.29, 0.717) is 6.54 Å². The first-order valence-corrected chi connectivity index (χ1v) is 6.18. The molecule has 1 aliphatic heterocycles. The summed E-state index contributed by atoms with van der Waals surface area (Å²) in [6, 6.07) is 4.02. The summed E-state index contributed by atoms with van der Waals surface area (Å²) in [5.74, 6) is 0. The number of hydrogen-bond acceptors (Lipinski definition) is 2. The summed E-state index contributed by atoms with van der Waals surface area (Å²) < 4.78 is 38.4. The number of anilines is 1. The van der Waals surface area contributed by atoms with Gasteiger partial charge in [-0.1, -0.05) is 11.6 Å². The molecule has 0 saturated carbocycles. The number of benzene rings is 1. The Morgan fingerprint density at radius 2 is 2.17 bits per heavy atom. The molecule has 1 unspecified atom stereocenters. The zero-order valence-electron chi connectivity index (χ0n) is 9.65. The predicted octanol–water partition coefficient (Wildman–Crippen LogP) is 3.52. The van der Waals surface area contributed by atoms with E-state index in [4.69, 9.17) is 11.6 Å². The van der Waals surface area contributed by atoms with E-state index in [0.717, 1.165) is 25.5 Å². The van der Waals surface area contributed by atoms with Crippen molar-refractivity contribution in [2.24, 2.45) is 0 Å². The molecule has 0 bridgehead atoms. The summed E-state index contributed by atoms with van der Waals surface area (Å²) in [5, 5.41) is 6.16. The smallest absolute Gasteiger partial charge is 0.383 e. The Balaban J connectivity index is 2.11. The second kappa shape index (κ2) is 5.36. The van der Waals surface area contributed by atoms with Crippen LogP contribution in [0.5, 0.6) is 0 Å². The van der Waals surface area contributed by atoms with Gasteiger partial charge in [0.1, 0.15) is 0 Å². The Morgan fingerprint density at radius 3 is 2.78 bits per heavy atom. The summed E-state index contributed by atoms with van der Waals surface area (Å²) >= 11 is 5.61. The lowest BCUT2D eigenvalue weighted by Crippen LogP contribution is -2.29. The van der Waals surface area contributed by atoms with E-state index < -0.39 is 11.7 Å². The van der Waals surface area contributed by atoms with Crippen LogP contribution in [-0.4, -0.2) is 19.1 Å². The highest BCUT2D eigenvalue weighted by atomic mass is 35.5. The van der Waals surface area contributed by atoms with Crippen LogP contribution in [0.15, 0.2) is 18.2 Å². The van der Waals surface area contributed by atoms with E-state index in [1.807, 2.05) is 0 Å². The molecule has 0 spiro atoms. The lowest BCUT2D eigenvalue weighted by Gasteiger charge is -2.17. The minimum atomic E-state index is -4.39. The summed E-state index contributed by atoms with van der Waals surface area (Å²) in [5.41, 5.74) is -0.631. The van der Waals surface area contributed by atoms with Crippen molar-refractivity contribution in [3.63, 3.8) is 0 Å². The van der Waals surface area contributed by atoms with E-state index in [-0.39, 0.29) is 16.8 Å².